The number of hydrogen-bond donors (Lipinski definition) is 0. The first-order valence-corrected chi connectivity index (χ1v) is 10.3. The van der Waals surface area contributed by atoms with Crippen LogP contribution in [-0.4, -0.2) is 78.6 Å². The molecule has 0 saturated carbocycles. The maximum absolute atomic E-state index is 12.3. The average Bonchev–Trinajstić information content (AvgIpc) is 3.21. The molecule has 1 aromatic heterocycles. The molecule has 29 heavy (non-hydrogen) atoms. The zero-order chi connectivity index (χ0) is 20.6. The zero-order valence-electron chi connectivity index (χ0n) is 17.8. The van der Waals surface area contributed by atoms with Gasteiger partial charge in [0.15, 0.2) is 5.69 Å². The van der Waals surface area contributed by atoms with Crippen molar-refractivity contribution in [2.24, 2.45) is 0 Å². The SMILES string of the molecule is CCN(C)C(=O)c1coc(CN(CCN2CCOCC2)Cc2ccccc2C)n1. The van der Waals surface area contributed by atoms with Crippen LogP contribution in [0.25, 0.3) is 0 Å². The molecule has 2 heterocycles. The van der Waals surface area contributed by atoms with Crippen molar-refractivity contribution in [3.8, 4) is 0 Å². The molecule has 7 nitrogen and oxygen atoms in total. The summed E-state index contributed by atoms with van der Waals surface area (Å²) in [5.74, 6) is 0.467. The maximum Gasteiger partial charge on any atom is 0.275 e. The number of carbonyl (C=O) groups is 1. The Balaban J connectivity index is 1.67. The molecule has 7 heteroatoms. The fraction of sp³-hybridized carbons (Fsp3) is 0.545. The van der Waals surface area contributed by atoms with Crippen LogP contribution >= 0.6 is 0 Å². The van der Waals surface area contributed by atoms with Gasteiger partial charge in [-0.15, -0.1) is 0 Å². The fourth-order valence-electron chi connectivity index (χ4n) is 3.36. The molecule has 0 radical (unpaired) electrons. The fourth-order valence-corrected chi connectivity index (χ4v) is 3.36. The van der Waals surface area contributed by atoms with Gasteiger partial charge in [0.25, 0.3) is 5.91 Å². The van der Waals surface area contributed by atoms with Gasteiger partial charge in [0.05, 0.1) is 19.8 Å². The van der Waals surface area contributed by atoms with Crippen LogP contribution in [0.15, 0.2) is 34.9 Å². The van der Waals surface area contributed by atoms with E-state index in [-0.39, 0.29) is 5.91 Å². The molecular formula is C22H32N4O3. The highest BCUT2D eigenvalue weighted by atomic mass is 16.5. The summed E-state index contributed by atoms with van der Waals surface area (Å²) in [5, 5.41) is 0. The van der Waals surface area contributed by atoms with Crippen LogP contribution in [0.1, 0.15) is 34.4 Å². The number of oxazole rings is 1. The zero-order valence-corrected chi connectivity index (χ0v) is 17.8. The normalized spacial score (nSPS) is 15.0. The number of nitrogens with zero attached hydrogens (tertiary/aromatic N) is 4. The molecule has 1 fully saturated rings. The summed E-state index contributed by atoms with van der Waals surface area (Å²) in [6.07, 6.45) is 1.47. The van der Waals surface area contributed by atoms with Crippen molar-refractivity contribution in [2.45, 2.75) is 26.9 Å². The Hall–Kier alpha value is -2.22. The molecule has 3 rings (SSSR count). The second-order valence-corrected chi connectivity index (χ2v) is 7.54. The number of benzene rings is 1. The Labute approximate surface area is 173 Å². The van der Waals surface area contributed by atoms with Gasteiger partial charge < -0.3 is 14.1 Å². The number of rotatable bonds is 9. The van der Waals surface area contributed by atoms with Gasteiger partial charge in [-0.05, 0) is 25.0 Å². The molecular weight excluding hydrogens is 368 g/mol. The van der Waals surface area contributed by atoms with Gasteiger partial charge in [0, 0.05) is 46.3 Å². The number of amides is 1. The van der Waals surface area contributed by atoms with Crippen LogP contribution < -0.4 is 0 Å². The van der Waals surface area contributed by atoms with E-state index in [0.717, 1.165) is 45.9 Å². The van der Waals surface area contributed by atoms with Gasteiger partial charge in [0.1, 0.15) is 6.26 Å². The predicted octanol–water partition coefficient (Wildman–Crippen LogP) is 2.41. The first kappa shape index (κ1) is 21.5. The van der Waals surface area contributed by atoms with E-state index in [4.69, 9.17) is 9.15 Å². The molecule has 0 aliphatic carbocycles. The molecule has 0 N–H and O–H groups in total. The maximum atomic E-state index is 12.3. The molecule has 1 aliphatic heterocycles. The van der Waals surface area contributed by atoms with Gasteiger partial charge >= 0.3 is 0 Å². The number of morpholine rings is 1. The Kier molecular flexibility index (Phi) is 7.80. The van der Waals surface area contributed by atoms with E-state index < -0.39 is 0 Å². The molecule has 0 spiro atoms. The first-order valence-electron chi connectivity index (χ1n) is 10.3. The number of aromatic nitrogens is 1. The summed E-state index contributed by atoms with van der Waals surface area (Å²) in [6.45, 7) is 11.5. The number of carbonyl (C=O) groups excluding carboxylic acids is 1. The quantitative estimate of drug-likeness (QED) is 0.644. The summed E-state index contributed by atoms with van der Waals surface area (Å²) < 4.78 is 11.1. The monoisotopic (exact) mass is 400 g/mol. The lowest BCUT2D eigenvalue weighted by Gasteiger charge is -2.29. The number of ether oxygens (including phenoxy) is 1. The van der Waals surface area contributed by atoms with Crippen molar-refractivity contribution < 1.29 is 13.9 Å². The third kappa shape index (κ3) is 6.13. The van der Waals surface area contributed by atoms with Crippen LogP contribution in [0.2, 0.25) is 0 Å². The van der Waals surface area contributed by atoms with Crippen LogP contribution in [0.3, 0.4) is 0 Å². The van der Waals surface area contributed by atoms with Gasteiger partial charge in [-0.25, -0.2) is 4.98 Å². The number of hydrogen-bond acceptors (Lipinski definition) is 6. The van der Waals surface area contributed by atoms with Gasteiger partial charge in [0.2, 0.25) is 5.89 Å². The van der Waals surface area contributed by atoms with Gasteiger partial charge in [-0.1, -0.05) is 24.3 Å². The topological polar surface area (TPSA) is 62.1 Å². The Morgan fingerprint density at radius 1 is 1.21 bits per heavy atom. The molecule has 0 unspecified atom stereocenters. The first-order chi connectivity index (χ1) is 14.1. The van der Waals surface area contributed by atoms with Crippen LogP contribution in [0.4, 0.5) is 0 Å². The van der Waals surface area contributed by atoms with Crippen molar-refractivity contribution in [3.63, 3.8) is 0 Å². The summed E-state index contributed by atoms with van der Waals surface area (Å²) >= 11 is 0. The third-order valence-electron chi connectivity index (χ3n) is 5.44. The predicted molar refractivity (Wildman–Crippen MR) is 112 cm³/mol. The lowest BCUT2D eigenvalue weighted by atomic mass is 10.1. The van der Waals surface area contributed by atoms with E-state index >= 15 is 0 Å². The minimum Gasteiger partial charge on any atom is -0.447 e. The molecule has 0 atom stereocenters. The molecule has 158 valence electrons. The van der Waals surface area contributed by atoms with Gasteiger partial charge in [-0.2, -0.15) is 0 Å². The third-order valence-corrected chi connectivity index (χ3v) is 5.44. The minimum atomic E-state index is -0.110. The largest absolute Gasteiger partial charge is 0.447 e. The Morgan fingerprint density at radius 3 is 2.69 bits per heavy atom. The Morgan fingerprint density at radius 2 is 1.97 bits per heavy atom. The summed E-state index contributed by atoms with van der Waals surface area (Å²) in [6, 6.07) is 8.44. The van der Waals surface area contributed by atoms with Crippen molar-refractivity contribution in [1.82, 2.24) is 19.7 Å². The van der Waals surface area contributed by atoms with E-state index in [1.165, 1.54) is 17.4 Å². The Bertz CT molecular complexity index is 786. The standard InChI is InChI=1S/C22H32N4O3/c1-4-24(3)22(27)20-17-29-21(23-20)16-26(10-9-25-11-13-28-14-12-25)15-19-8-6-5-7-18(19)2/h5-8,17H,4,9-16H2,1-3H3. The average molecular weight is 401 g/mol. The lowest BCUT2D eigenvalue weighted by molar-refractivity contribution is 0.0320. The van der Waals surface area contributed by atoms with E-state index in [0.29, 0.717) is 24.7 Å². The second-order valence-electron chi connectivity index (χ2n) is 7.54. The lowest BCUT2D eigenvalue weighted by Crippen LogP contribution is -2.41. The summed E-state index contributed by atoms with van der Waals surface area (Å²) in [5.41, 5.74) is 2.94. The molecule has 2 aromatic rings. The van der Waals surface area contributed by atoms with Crippen LogP contribution in [-0.2, 0) is 17.8 Å². The van der Waals surface area contributed by atoms with Crippen molar-refractivity contribution in [2.75, 3.05) is 53.0 Å². The second kappa shape index (κ2) is 10.5. The summed E-state index contributed by atoms with van der Waals surface area (Å²) in [7, 11) is 1.77. The molecule has 1 aromatic carbocycles. The van der Waals surface area contributed by atoms with E-state index in [2.05, 4.69) is 46.0 Å². The number of aryl methyl sites for hydroxylation is 1. The molecule has 1 amide bonds. The highest BCUT2D eigenvalue weighted by molar-refractivity contribution is 5.91. The van der Waals surface area contributed by atoms with Crippen molar-refractivity contribution in [3.05, 3.63) is 53.2 Å². The molecule has 0 bridgehead atoms. The summed E-state index contributed by atoms with van der Waals surface area (Å²) in [4.78, 5) is 23.1. The molecule has 1 saturated heterocycles. The van der Waals surface area contributed by atoms with Crippen molar-refractivity contribution >= 4 is 5.91 Å². The molecule has 1 aliphatic rings. The van der Waals surface area contributed by atoms with Crippen LogP contribution in [0, 0.1) is 6.92 Å². The smallest absolute Gasteiger partial charge is 0.275 e. The van der Waals surface area contributed by atoms with E-state index in [9.17, 15) is 4.79 Å². The minimum absolute atomic E-state index is 0.110. The van der Waals surface area contributed by atoms with Crippen LogP contribution in [0.5, 0.6) is 0 Å². The highest BCUT2D eigenvalue weighted by Gasteiger charge is 2.19. The van der Waals surface area contributed by atoms with Crippen molar-refractivity contribution in [1.29, 1.82) is 0 Å². The highest BCUT2D eigenvalue weighted by Crippen LogP contribution is 2.14. The van der Waals surface area contributed by atoms with E-state index in [1.807, 2.05) is 6.92 Å². The van der Waals surface area contributed by atoms with E-state index in [1.54, 1.807) is 11.9 Å². The van der Waals surface area contributed by atoms with Gasteiger partial charge in [-0.3, -0.25) is 14.6 Å².